The van der Waals surface area contributed by atoms with Crippen LogP contribution in [-0.4, -0.2) is 96.7 Å². The maximum absolute atomic E-state index is 13.6. The van der Waals surface area contributed by atoms with Crippen molar-refractivity contribution in [3.05, 3.63) is 59.1 Å². The van der Waals surface area contributed by atoms with E-state index in [0.717, 1.165) is 13.1 Å². The lowest BCUT2D eigenvalue weighted by Crippen LogP contribution is -2.42. The van der Waals surface area contributed by atoms with Crippen LogP contribution in [0.2, 0.25) is 0 Å². The number of morpholine rings is 1. The number of imidazole rings is 1. The molecule has 2 aromatic heterocycles. The van der Waals surface area contributed by atoms with E-state index in [4.69, 9.17) is 18.9 Å². The molecule has 1 amide bonds. The zero-order chi connectivity index (χ0) is 27.7. The topological polar surface area (TPSA) is 115 Å². The van der Waals surface area contributed by atoms with Gasteiger partial charge in [-0.15, -0.1) is 0 Å². The zero-order valence-electron chi connectivity index (χ0n) is 22.5. The van der Waals surface area contributed by atoms with E-state index >= 15 is 0 Å². The number of aryl methyl sites for hydroxylation is 1. The van der Waals surface area contributed by atoms with Crippen LogP contribution in [0, 0.1) is 6.92 Å². The first-order valence-electron chi connectivity index (χ1n) is 12.7. The summed E-state index contributed by atoms with van der Waals surface area (Å²) < 4.78 is 23.8. The standard InChI is InChI=1S/C28H32N4O7/c1-17-23(31-8-6-5-7-21(31)29-17)25(33)22-24(18-15-19(36-2)27(38-4)20(16-18)37-3)32(28(35)26(22)34)10-9-30-11-13-39-14-12-30/h5-8,15-16,24,33H,9-14H2,1-4H3/b25-22+/t24-/m1/s1. The number of carbonyl (C=O) groups is 2. The third kappa shape index (κ3) is 4.68. The van der Waals surface area contributed by atoms with Gasteiger partial charge in [-0.1, -0.05) is 6.07 Å². The maximum Gasteiger partial charge on any atom is 0.295 e. The number of amides is 1. The zero-order valence-corrected chi connectivity index (χ0v) is 22.5. The van der Waals surface area contributed by atoms with Crippen molar-refractivity contribution < 1.29 is 33.6 Å². The Kier molecular flexibility index (Phi) is 7.45. The van der Waals surface area contributed by atoms with Gasteiger partial charge in [-0.25, -0.2) is 4.98 Å². The van der Waals surface area contributed by atoms with E-state index in [1.807, 2.05) is 12.1 Å². The van der Waals surface area contributed by atoms with Crippen molar-refractivity contribution in [3.8, 4) is 17.2 Å². The van der Waals surface area contributed by atoms with E-state index in [9.17, 15) is 14.7 Å². The number of carbonyl (C=O) groups excluding carboxylic acids is 2. The van der Waals surface area contributed by atoms with Crippen molar-refractivity contribution in [2.75, 3.05) is 60.7 Å². The summed E-state index contributed by atoms with van der Waals surface area (Å²) in [5, 5.41) is 11.7. The molecule has 3 aromatic rings. The number of hydrogen-bond donors (Lipinski definition) is 1. The highest BCUT2D eigenvalue weighted by Gasteiger charge is 2.47. The van der Waals surface area contributed by atoms with Crippen LogP contribution in [0.25, 0.3) is 11.4 Å². The summed E-state index contributed by atoms with van der Waals surface area (Å²) in [4.78, 5) is 35.3. The largest absolute Gasteiger partial charge is 0.505 e. The van der Waals surface area contributed by atoms with Gasteiger partial charge in [0.15, 0.2) is 17.3 Å². The quantitative estimate of drug-likeness (QED) is 0.263. The smallest absolute Gasteiger partial charge is 0.295 e. The van der Waals surface area contributed by atoms with Crippen LogP contribution in [0.15, 0.2) is 42.1 Å². The summed E-state index contributed by atoms with van der Waals surface area (Å²) in [6.45, 7) is 5.27. The summed E-state index contributed by atoms with van der Waals surface area (Å²) in [7, 11) is 4.50. The van der Waals surface area contributed by atoms with E-state index in [1.165, 1.54) is 26.2 Å². The first-order chi connectivity index (χ1) is 18.9. The molecular weight excluding hydrogens is 504 g/mol. The van der Waals surface area contributed by atoms with Crippen molar-refractivity contribution in [3.63, 3.8) is 0 Å². The Bertz CT molecular complexity index is 1420. The van der Waals surface area contributed by atoms with Gasteiger partial charge in [-0.2, -0.15) is 0 Å². The second kappa shape index (κ2) is 11.0. The molecule has 2 aliphatic rings. The third-order valence-electron chi connectivity index (χ3n) is 7.23. The van der Waals surface area contributed by atoms with Gasteiger partial charge in [0.05, 0.1) is 51.9 Å². The first-order valence-corrected chi connectivity index (χ1v) is 12.7. The third-order valence-corrected chi connectivity index (χ3v) is 7.23. The van der Waals surface area contributed by atoms with Gasteiger partial charge in [0.2, 0.25) is 5.75 Å². The van der Waals surface area contributed by atoms with Gasteiger partial charge in [-0.05, 0) is 36.8 Å². The molecule has 2 fully saturated rings. The number of ketones is 1. The molecule has 0 radical (unpaired) electrons. The molecule has 39 heavy (non-hydrogen) atoms. The number of aromatic nitrogens is 2. The SMILES string of the molecule is COc1cc([C@@H]2/C(=C(\O)c3c(C)nc4ccccn34)C(=O)C(=O)N2CCN2CCOCC2)cc(OC)c1OC. The molecule has 0 bridgehead atoms. The molecule has 11 nitrogen and oxygen atoms in total. The number of ether oxygens (including phenoxy) is 4. The van der Waals surface area contributed by atoms with Crippen molar-refractivity contribution in [2.24, 2.45) is 0 Å². The highest BCUT2D eigenvalue weighted by Crippen LogP contribution is 2.45. The van der Waals surface area contributed by atoms with Gasteiger partial charge in [0, 0.05) is 32.4 Å². The Labute approximate surface area is 226 Å². The molecule has 2 aliphatic heterocycles. The second-order valence-corrected chi connectivity index (χ2v) is 9.38. The minimum absolute atomic E-state index is 0.0231. The summed E-state index contributed by atoms with van der Waals surface area (Å²) in [5.41, 5.74) is 2.02. The number of hydrogen-bond acceptors (Lipinski definition) is 9. The van der Waals surface area contributed by atoms with Crippen LogP contribution < -0.4 is 14.2 Å². The number of likely N-dealkylation sites (tertiary alicyclic amines) is 1. The average Bonchev–Trinajstić information content (AvgIpc) is 3.43. The Morgan fingerprint density at radius 2 is 1.74 bits per heavy atom. The van der Waals surface area contributed by atoms with Gasteiger partial charge in [0.25, 0.3) is 11.7 Å². The number of rotatable bonds is 8. The fourth-order valence-corrected chi connectivity index (χ4v) is 5.32. The summed E-state index contributed by atoms with van der Waals surface area (Å²) in [5.74, 6) is -0.620. The normalized spacial score (nSPS) is 19.6. The average molecular weight is 537 g/mol. The number of nitrogens with zero attached hydrogens (tertiary/aromatic N) is 4. The van der Waals surface area contributed by atoms with Crippen LogP contribution in [0.3, 0.4) is 0 Å². The Morgan fingerprint density at radius 1 is 1.05 bits per heavy atom. The Balaban J connectivity index is 1.68. The van der Waals surface area contributed by atoms with E-state index in [1.54, 1.807) is 35.7 Å². The van der Waals surface area contributed by atoms with E-state index in [0.29, 0.717) is 59.6 Å². The highest BCUT2D eigenvalue weighted by molar-refractivity contribution is 6.46. The fourth-order valence-electron chi connectivity index (χ4n) is 5.32. The fraction of sp³-hybridized carbons (Fsp3) is 0.393. The molecular formula is C28H32N4O7. The molecule has 0 unspecified atom stereocenters. The molecule has 0 spiro atoms. The lowest BCUT2D eigenvalue weighted by molar-refractivity contribution is -0.140. The summed E-state index contributed by atoms with van der Waals surface area (Å²) in [6.07, 6.45) is 1.76. The Hall–Kier alpha value is -4.09. The first kappa shape index (κ1) is 26.5. The van der Waals surface area contributed by atoms with Crippen molar-refractivity contribution in [1.29, 1.82) is 0 Å². The van der Waals surface area contributed by atoms with Crippen molar-refractivity contribution >= 4 is 23.1 Å². The monoisotopic (exact) mass is 536 g/mol. The van der Waals surface area contributed by atoms with Crippen LogP contribution in [-0.2, 0) is 14.3 Å². The number of aliphatic hydroxyl groups is 1. The maximum atomic E-state index is 13.6. The number of aliphatic hydroxyl groups excluding tert-OH is 1. The number of Topliss-reactive ketones (excluding diaryl/α,β-unsaturated/α-hetero) is 1. The number of pyridine rings is 1. The molecule has 206 valence electrons. The minimum atomic E-state index is -0.895. The molecule has 5 rings (SSSR count). The van der Waals surface area contributed by atoms with E-state index in [2.05, 4.69) is 9.88 Å². The van der Waals surface area contributed by atoms with Crippen LogP contribution in [0.4, 0.5) is 0 Å². The molecule has 0 saturated carbocycles. The summed E-state index contributed by atoms with van der Waals surface area (Å²) in [6, 6.07) is 7.96. The highest BCUT2D eigenvalue weighted by atomic mass is 16.5. The van der Waals surface area contributed by atoms with Crippen LogP contribution in [0.5, 0.6) is 17.2 Å². The molecule has 2 saturated heterocycles. The molecule has 4 heterocycles. The van der Waals surface area contributed by atoms with Crippen molar-refractivity contribution in [1.82, 2.24) is 19.2 Å². The van der Waals surface area contributed by atoms with E-state index < -0.39 is 17.7 Å². The van der Waals surface area contributed by atoms with Crippen molar-refractivity contribution in [2.45, 2.75) is 13.0 Å². The lowest BCUT2D eigenvalue weighted by Gasteiger charge is -2.31. The van der Waals surface area contributed by atoms with Gasteiger partial charge < -0.3 is 29.0 Å². The van der Waals surface area contributed by atoms with E-state index in [-0.39, 0.29) is 17.9 Å². The van der Waals surface area contributed by atoms with Crippen LogP contribution in [0.1, 0.15) is 23.0 Å². The molecule has 11 heteroatoms. The summed E-state index contributed by atoms with van der Waals surface area (Å²) >= 11 is 0. The molecule has 1 atom stereocenters. The number of fused-ring (bicyclic) bond motifs is 1. The predicted octanol–water partition coefficient (Wildman–Crippen LogP) is 2.42. The predicted molar refractivity (Wildman–Crippen MR) is 142 cm³/mol. The molecule has 1 N–H and O–H groups in total. The van der Waals surface area contributed by atoms with Gasteiger partial charge >= 0.3 is 0 Å². The number of benzene rings is 1. The van der Waals surface area contributed by atoms with Crippen LogP contribution >= 0.6 is 0 Å². The number of methoxy groups -OCH3 is 3. The van der Waals surface area contributed by atoms with Gasteiger partial charge in [0.1, 0.15) is 11.3 Å². The Morgan fingerprint density at radius 3 is 2.38 bits per heavy atom. The second-order valence-electron chi connectivity index (χ2n) is 9.38. The lowest BCUT2D eigenvalue weighted by atomic mass is 9.95. The molecule has 1 aromatic carbocycles. The molecule has 0 aliphatic carbocycles. The van der Waals surface area contributed by atoms with Gasteiger partial charge in [-0.3, -0.25) is 18.9 Å². The minimum Gasteiger partial charge on any atom is -0.505 e.